The van der Waals surface area contributed by atoms with Crippen LogP contribution in [0.25, 0.3) is 0 Å². The van der Waals surface area contributed by atoms with Crippen molar-refractivity contribution in [1.82, 2.24) is 19.4 Å². The van der Waals surface area contributed by atoms with Gasteiger partial charge in [0.2, 0.25) is 11.8 Å². The number of likely N-dealkylation sites (tertiary alicyclic amines) is 2. The van der Waals surface area contributed by atoms with Crippen molar-refractivity contribution in [3.63, 3.8) is 0 Å². The molecule has 3 heterocycles. The largest absolute Gasteiger partial charge is 0.383 e. The lowest BCUT2D eigenvalue weighted by molar-refractivity contribution is -0.137. The van der Waals surface area contributed by atoms with Gasteiger partial charge < -0.3 is 19.1 Å². The summed E-state index contributed by atoms with van der Waals surface area (Å²) in [6.07, 6.45) is 5.11. The molecule has 0 aliphatic carbocycles. The molecule has 0 bridgehead atoms. The maximum Gasteiger partial charge on any atom is 0.231 e. The van der Waals surface area contributed by atoms with E-state index in [9.17, 15) is 9.59 Å². The first-order valence-corrected chi connectivity index (χ1v) is 9.52. The summed E-state index contributed by atoms with van der Waals surface area (Å²) in [6, 6.07) is 0.319. The smallest absolute Gasteiger partial charge is 0.231 e. The molecule has 7 heteroatoms. The van der Waals surface area contributed by atoms with E-state index in [0.717, 1.165) is 18.7 Å². The van der Waals surface area contributed by atoms with E-state index in [2.05, 4.69) is 23.4 Å². The fourth-order valence-electron chi connectivity index (χ4n) is 4.26. The van der Waals surface area contributed by atoms with Crippen LogP contribution in [0.4, 0.5) is 0 Å². The fourth-order valence-corrected chi connectivity index (χ4v) is 4.26. The highest BCUT2D eigenvalue weighted by molar-refractivity contribution is 5.88. The van der Waals surface area contributed by atoms with Crippen LogP contribution in [0.5, 0.6) is 0 Å². The van der Waals surface area contributed by atoms with E-state index in [4.69, 9.17) is 4.74 Å². The Morgan fingerprint density at radius 2 is 2.23 bits per heavy atom. The van der Waals surface area contributed by atoms with Gasteiger partial charge in [0.25, 0.3) is 0 Å². The zero-order chi connectivity index (χ0) is 18.9. The molecule has 3 rings (SSSR count). The highest BCUT2D eigenvalue weighted by Gasteiger charge is 2.58. The van der Waals surface area contributed by atoms with Gasteiger partial charge in [0.05, 0.1) is 24.0 Å². The summed E-state index contributed by atoms with van der Waals surface area (Å²) in [5.74, 6) is 0.210. The molecular formula is C19H30N4O3. The van der Waals surface area contributed by atoms with Gasteiger partial charge in [-0.05, 0) is 20.3 Å². The summed E-state index contributed by atoms with van der Waals surface area (Å²) in [7, 11) is 1.65. The Morgan fingerprint density at radius 3 is 2.85 bits per heavy atom. The molecule has 0 unspecified atom stereocenters. The summed E-state index contributed by atoms with van der Waals surface area (Å²) in [5.41, 5.74) is 0.376. The zero-order valence-corrected chi connectivity index (χ0v) is 16.3. The van der Waals surface area contributed by atoms with Gasteiger partial charge in [-0.15, -0.1) is 0 Å². The van der Waals surface area contributed by atoms with Crippen LogP contribution in [0.15, 0.2) is 12.5 Å². The van der Waals surface area contributed by atoms with Crippen LogP contribution in [0.3, 0.4) is 0 Å². The number of methoxy groups -OCH3 is 1. The maximum atomic E-state index is 13.3. The molecule has 2 atom stereocenters. The van der Waals surface area contributed by atoms with Gasteiger partial charge in [-0.1, -0.05) is 6.92 Å². The van der Waals surface area contributed by atoms with E-state index in [0.29, 0.717) is 38.7 Å². The Kier molecular flexibility index (Phi) is 5.37. The lowest BCUT2D eigenvalue weighted by atomic mass is 9.75. The van der Waals surface area contributed by atoms with Crippen molar-refractivity contribution in [2.45, 2.75) is 45.6 Å². The summed E-state index contributed by atoms with van der Waals surface area (Å²) in [6.45, 7) is 9.02. The normalized spacial score (nSPS) is 25.9. The number of hydrogen-bond donors (Lipinski definition) is 0. The van der Waals surface area contributed by atoms with E-state index < -0.39 is 5.41 Å². The van der Waals surface area contributed by atoms with Crippen molar-refractivity contribution in [1.29, 1.82) is 0 Å². The van der Waals surface area contributed by atoms with Crippen LogP contribution >= 0.6 is 0 Å². The fraction of sp³-hybridized carbons (Fsp3) is 0.737. The van der Waals surface area contributed by atoms with E-state index in [1.807, 2.05) is 29.2 Å². The predicted octanol–water partition coefficient (Wildman–Crippen LogP) is 1.66. The molecule has 1 aromatic heterocycles. The number of hydrogen-bond acceptors (Lipinski definition) is 4. The van der Waals surface area contributed by atoms with Crippen molar-refractivity contribution < 1.29 is 14.3 Å². The number of carbonyl (C=O) groups excluding carboxylic acids is 2. The van der Waals surface area contributed by atoms with Gasteiger partial charge in [-0.2, -0.15) is 0 Å². The number of amides is 2. The topological polar surface area (TPSA) is 67.7 Å². The van der Waals surface area contributed by atoms with E-state index in [-0.39, 0.29) is 17.7 Å². The zero-order valence-electron chi connectivity index (χ0n) is 16.3. The number of ether oxygens (including phenoxy) is 1. The number of aromatic nitrogens is 2. The van der Waals surface area contributed by atoms with E-state index >= 15 is 0 Å². The van der Waals surface area contributed by atoms with Crippen LogP contribution in [0, 0.1) is 5.41 Å². The molecule has 2 aliphatic heterocycles. The Labute approximate surface area is 155 Å². The van der Waals surface area contributed by atoms with Gasteiger partial charge in [-0.25, -0.2) is 4.98 Å². The summed E-state index contributed by atoms with van der Waals surface area (Å²) < 4.78 is 7.21. The van der Waals surface area contributed by atoms with Crippen molar-refractivity contribution in [3.8, 4) is 0 Å². The van der Waals surface area contributed by atoms with Gasteiger partial charge in [0.15, 0.2) is 0 Å². The minimum Gasteiger partial charge on any atom is -0.383 e. The van der Waals surface area contributed by atoms with Crippen LogP contribution in [0.2, 0.25) is 0 Å². The number of nitrogens with zero attached hydrogens (tertiary/aromatic N) is 4. The second kappa shape index (κ2) is 7.39. The Balaban J connectivity index is 1.91. The molecule has 0 saturated carbocycles. The molecule has 2 aliphatic rings. The van der Waals surface area contributed by atoms with Crippen molar-refractivity contribution in [2.75, 3.05) is 39.9 Å². The lowest BCUT2D eigenvalue weighted by Gasteiger charge is -2.27. The average Bonchev–Trinajstić information content (AvgIpc) is 3.32. The molecule has 144 valence electrons. The first-order chi connectivity index (χ1) is 12.4. The van der Waals surface area contributed by atoms with Gasteiger partial charge in [0, 0.05) is 57.9 Å². The minimum absolute atomic E-state index is 0.0435. The molecule has 2 amide bonds. The predicted molar refractivity (Wildman–Crippen MR) is 97.7 cm³/mol. The molecule has 1 aromatic rings. The monoisotopic (exact) mass is 362 g/mol. The number of imidazole rings is 1. The van der Waals surface area contributed by atoms with Crippen LogP contribution < -0.4 is 0 Å². The van der Waals surface area contributed by atoms with Gasteiger partial charge in [0.1, 0.15) is 0 Å². The number of rotatable bonds is 6. The third-order valence-corrected chi connectivity index (χ3v) is 5.88. The first kappa shape index (κ1) is 18.9. The molecule has 1 spiro atoms. The third-order valence-electron chi connectivity index (χ3n) is 5.88. The second-order valence-electron chi connectivity index (χ2n) is 7.71. The van der Waals surface area contributed by atoms with E-state index in [1.165, 1.54) is 0 Å². The summed E-state index contributed by atoms with van der Waals surface area (Å²) in [5, 5.41) is 0. The molecule has 2 fully saturated rings. The van der Waals surface area contributed by atoms with E-state index in [1.54, 1.807) is 7.11 Å². The summed E-state index contributed by atoms with van der Waals surface area (Å²) in [4.78, 5) is 34.0. The SMILES string of the molecule is CCC(=O)N1C[C@@H](c2cn(C(C)C)cn2)[C@@]2(CCN(CCOC)C2=O)C1. The first-order valence-electron chi connectivity index (χ1n) is 9.52. The minimum atomic E-state index is -0.547. The molecule has 0 N–H and O–H groups in total. The molecule has 0 aromatic carbocycles. The van der Waals surface area contributed by atoms with Gasteiger partial charge in [-0.3, -0.25) is 9.59 Å². The van der Waals surface area contributed by atoms with Crippen LogP contribution in [-0.4, -0.2) is 71.1 Å². The number of carbonyl (C=O) groups is 2. The molecular weight excluding hydrogens is 332 g/mol. The standard InChI is InChI=1S/C19H30N4O3/c1-5-17(24)22-10-15(16-11-23(13-20-16)14(2)3)19(12-22)6-7-21(18(19)25)8-9-26-4/h11,13-15H,5-10,12H2,1-4H3/t15-,19+/m0/s1. The Bertz CT molecular complexity index is 671. The molecule has 7 nitrogen and oxygen atoms in total. The molecule has 0 radical (unpaired) electrons. The van der Waals surface area contributed by atoms with Gasteiger partial charge >= 0.3 is 0 Å². The maximum absolute atomic E-state index is 13.3. The Morgan fingerprint density at radius 1 is 1.46 bits per heavy atom. The van der Waals surface area contributed by atoms with Crippen molar-refractivity contribution >= 4 is 11.8 Å². The van der Waals surface area contributed by atoms with Crippen LogP contribution in [0.1, 0.15) is 51.3 Å². The third kappa shape index (κ3) is 3.13. The average molecular weight is 362 g/mol. The van der Waals surface area contributed by atoms with Crippen molar-refractivity contribution in [2.24, 2.45) is 5.41 Å². The second-order valence-corrected chi connectivity index (χ2v) is 7.71. The Hall–Kier alpha value is -1.89. The highest BCUT2D eigenvalue weighted by Crippen LogP contribution is 2.49. The van der Waals surface area contributed by atoms with Crippen LogP contribution in [-0.2, 0) is 14.3 Å². The lowest BCUT2D eigenvalue weighted by Crippen LogP contribution is -2.41. The molecule has 26 heavy (non-hydrogen) atoms. The quantitative estimate of drug-likeness (QED) is 0.772. The molecule has 2 saturated heterocycles. The highest BCUT2D eigenvalue weighted by atomic mass is 16.5. The summed E-state index contributed by atoms with van der Waals surface area (Å²) >= 11 is 0. The van der Waals surface area contributed by atoms with Crippen molar-refractivity contribution in [3.05, 3.63) is 18.2 Å².